The molecule has 0 aromatic heterocycles. The fourth-order valence-corrected chi connectivity index (χ4v) is 2.57. The minimum Gasteiger partial charge on any atom is -0.409 e. The van der Waals surface area contributed by atoms with Crippen molar-refractivity contribution < 1.29 is 5.21 Å². The maximum atomic E-state index is 8.55. The number of oxime groups is 1. The summed E-state index contributed by atoms with van der Waals surface area (Å²) in [6, 6.07) is 0.531. The zero-order valence-electron chi connectivity index (χ0n) is 11.2. The molecule has 0 amide bonds. The van der Waals surface area contributed by atoms with Crippen LogP contribution < -0.4 is 5.73 Å². The van der Waals surface area contributed by atoms with Crippen LogP contribution in [0.3, 0.4) is 0 Å². The predicted octanol–water partition coefficient (Wildman–Crippen LogP) is 2.41. The molecule has 0 aromatic carbocycles. The first-order valence-corrected chi connectivity index (χ1v) is 6.84. The van der Waals surface area contributed by atoms with Gasteiger partial charge in [-0.05, 0) is 32.6 Å². The van der Waals surface area contributed by atoms with E-state index in [4.69, 9.17) is 10.9 Å². The summed E-state index contributed by atoms with van der Waals surface area (Å²) in [6.07, 6.45) is 7.57. The molecule has 100 valence electrons. The highest BCUT2D eigenvalue weighted by molar-refractivity contribution is 5.79. The number of rotatable bonds is 6. The van der Waals surface area contributed by atoms with Gasteiger partial charge in [0.15, 0.2) is 0 Å². The molecule has 17 heavy (non-hydrogen) atoms. The Hall–Kier alpha value is -0.770. The van der Waals surface area contributed by atoms with Gasteiger partial charge in [0, 0.05) is 25.6 Å². The van der Waals surface area contributed by atoms with Crippen molar-refractivity contribution in [2.45, 2.75) is 58.4 Å². The molecule has 1 rings (SSSR count). The van der Waals surface area contributed by atoms with E-state index in [1.807, 2.05) is 0 Å². The summed E-state index contributed by atoms with van der Waals surface area (Å²) in [7, 11) is 0. The quantitative estimate of drug-likeness (QED) is 0.325. The monoisotopic (exact) mass is 241 g/mol. The summed E-state index contributed by atoms with van der Waals surface area (Å²) < 4.78 is 0. The second-order valence-electron chi connectivity index (χ2n) is 5.43. The van der Waals surface area contributed by atoms with Crippen molar-refractivity contribution >= 4 is 5.84 Å². The second-order valence-corrected chi connectivity index (χ2v) is 5.43. The van der Waals surface area contributed by atoms with Crippen molar-refractivity contribution in [3.8, 4) is 0 Å². The highest BCUT2D eigenvalue weighted by atomic mass is 16.4. The standard InChI is InChI=1S/C13H27N3O/c1-11(2)16(9-8-13(14)15-17)10-12-6-4-3-5-7-12/h11-12,17H,3-10H2,1-2H3,(H2,14,15). The fraction of sp³-hybridized carbons (Fsp3) is 0.923. The van der Waals surface area contributed by atoms with Crippen LogP contribution >= 0.6 is 0 Å². The molecule has 1 aliphatic carbocycles. The van der Waals surface area contributed by atoms with E-state index < -0.39 is 0 Å². The number of nitrogens with two attached hydrogens (primary N) is 1. The van der Waals surface area contributed by atoms with E-state index in [1.54, 1.807) is 0 Å². The molecule has 4 nitrogen and oxygen atoms in total. The SMILES string of the molecule is CC(C)N(CCC(N)=NO)CC1CCCCC1. The number of nitrogens with zero attached hydrogens (tertiary/aromatic N) is 2. The van der Waals surface area contributed by atoms with Crippen LogP contribution in [0.25, 0.3) is 0 Å². The Balaban J connectivity index is 2.36. The Morgan fingerprint density at radius 3 is 2.53 bits per heavy atom. The van der Waals surface area contributed by atoms with Crippen LogP contribution in [0.15, 0.2) is 5.16 Å². The van der Waals surface area contributed by atoms with E-state index in [1.165, 1.54) is 32.1 Å². The van der Waals surface area contributed by atoms with E-state index in [0.29, 0.717) is 18.3 Å². The summed E-state index contributed by atoms with van der Waals surface area (Å²) in [6.45, 7) is 6.49. The lowest BCUT2D eigenvalue weighted by molar-refractivity contribution is 0.169. The van der Waals surface area contributed by atoms with Crippen molar-refractivity contribution in [3.63, 3.8) is 0 Å². The molecule has 3 N–H and O–H groups in total. The number of hydrogen-bond donors (Lipinski definition) is 2. The van der Waals surface area contributed by atoms with Gasteiger partial charge in [-0.3, -0.25) is 0 Å². The molecule has 0 saturated heterocycles. The first-order chi connectivity index (χ1) is 8.13. The molecule has 0 aromatic rings. The molecule has 0 unspecified atom stereocenters. The van der Waals surface area contributed by atoms with Crippen molar-refractivity contribution in [1.29, 1.82) is 0 Å². The van der Waals surface area contributed by atoms with Crippen LogP contribution in [-0.4, -0.2) is 35.1 Å². The van der Waals surface area contributed by atoms with Crippen molar-refractivity contribution in [3.05, 3.63) is 0 Å². The topological polar surface area (TPSA) is 61.8 Å². The summed E-state index contributed by atoms with van der Waals surface area (Å²) in [5.41, 5.74) is 5.53. The molecule has 1 saturated carbocycles. The first kappa shape index (κ1) is 14.3. The number of hydrogen-bond acceptors (Lipinski definition) is 3. The Morgan fingerprint density at radius 2 is 2.00 bits per heavy atom. The lowest BCUT2D eigenvalue weighted by Crippen LogP contribution is -2.38. The largest absolute Gasteiger partial charge is 0.409 e. The van der Waals surface area contributed by atoms with Crippen LogP contribution in [0.5, 0.6) is 0 Å². The summed E-state index contributed by atoms with van der Waals surface area (Å²) >= 11 is 0. The van der Waals surface area contributed by atoms with E-state index >= 15 is 0 Å². The first-order valence-electron chi connectivity index (χ1n) is 6.84. The Bertz CT molecular complexity index is 235. The van der Waals surface area contributed by atoms with Gasteiger partial charge in [-0.2, -0.15) is 0 Å². The van der Waals surface area contributed by atoms with Crippen LogP contribution in [0.4, 0.5) is 0 Å². The van der Waals surface area contributed by atoms with Crippen LogP contribution in [0.1, 0.15) is 52.4 Å². The van der Waals surface area contributed by atoms with Crippen LogP contribution in [-0.2, 0) is 0 Å². The highest BCUT2D eigenvalue weighted by Gasteiger charge is 2.18. The molecule has 0 heterocycles. The van der Waals surface area contributed by atoms with Gasteiger partial charge in [0.25, 0.3) is 0 Å². The number of amidine groups is 1. The lowest BCUT2D eigenvalue weighted by Gasteiger charge is -2.32. The molecule has 4 heteroatoms. The van der Waals surface area contributed by atoms with Gasteiger partial charge in [-0.25, -0.2) is 0 Å². The third kappa shape index (κ3) is 5.39. The van der Waals surface area contributed by atoms with Gasteiger partial charge in [0.05, 0.1) is 0 Å². The van der Waals surface area contributed by atoms with E-state index in [0.717, 1.165) is 19.0 Å². The lowest BCUT2D eigenvalue weighted by atomic mass is 9.88. The normalized spacial score (nSPS) is 19.2. The van der Waals surface area contributed by atoms with E-state index in [-0.39, 0.29) is 0 Å². The minimum absolute atomic E-state index is 0.333. The molecule has 0 spiro atoms. The Kier molecular flexibility index (Phi) is 6.34. The maximum absolute atomic E-state index is 8.55. The smallest absolute Gasteiger partial charge is 0.140 e. The third-order valence-electron chi connectivity index (χ3n) is 3.73. The summed E-state index contributed by atoms with van der Waals surface area (Å²) in [5, 5.41) is 11.6. The van der Waals surface area contributed by atoms with Gasteiger partial charge < -0.3 is 15.8 Å². The van der Waals surface area contributed by atoms with Crippen molar-refractivity contribution in [1.82, 2.24) is 4.90 Å². The maximum Gasteiger partial charge on any atom is 0.140 e. The second kappa shape index (κ2) is 7.54. The average Bonchev–Trinajstić information content (AvgIpc) is 2.34. The zero-order chi connectivity index (χ0) is 12.7. The molecule has 0 bridgehead atoms. The fourth-order valence-electron chi connectivity index (χ4n) is 2.57. The highest BCUT2D eigenvalue weighted by Crippen LogP contribution is 2.25. The summed E-state index contributed by atoms with van der Waals surface area (Å²) in [4.78, 5) is 2.45. The Labute approximate surface area is 105 Å². The molecule has 0 radical (unpaired) electrons. The molecule has 0 aliphatic heterocycles. The van der Waals surface area contributed by atoms with E-state index in [2.05, 4.69) is 23.9 Å². The third-order valence-corrected chi connectivity index (χ3v) is 3.73. The molecule has 0 atom stereocenters. The molecule has 1 fully saturated rings. The van der Waals surface area contributed by atoms with Gasteiger partial charge in [-0.15, -0.1) is 0 Å². The van der Waals surface area contributed by atoms with Crippen molar-refractivity contribution in [2.75, 3.05) is 13.1 Å². The molecule has 1 aliphatic rings. The zero-order valence-corrected chi connectivity index (χ0v) is 11.2. The Morgan fingerprint density at radius 1 is 1.35 bits per heavy atom. The van der Waals surface area contributed by atoms with Gasteiger partial charge >= 0.3 is 0 Å². The van der Waals surface area contributed by atoms with Gasteiger partial charge in [0.1, 0.15) is 5.84 Å². The van der Waals surface area contributed by atoms with Gasteiger partial charge in [0.2, 0.25) is 0 Å². The average molecular weight is 241 g/mol. The summed E-state index contributed by atoms with van der Waals surface area (Å²) in [5.74, 6) is 1.18. The van der Waals surface area contributed by atoms with E-state index in [9.17, 15) is 0 Å². The van der Waals surface area contributed by atoms with Crippen LogP contribution in [0.2, 0.25) is 0 Å². The molecular formula is C13H27N3O. The predicted molar refractivity (Wildman–Crippen MR) is 71.3 cm³/mol. The minimum atomic E-state index is 0.333. The van der Waals surface area contributed by atoms with Gasteiger partial charge in [-0.1, -0.05) is 24.4 Å². The van der Waals surface area contributed by atoms with Crippen molar-refractivity contribution in [2.24, 2.45) is 16.8 Å². The van der Waals surface area contributed by atoms with Crippen LogP contribution in [0, 0.1) is 5.92 Å². The molecular weight excluding hydrogens is 214 g/mol.